The number of halogens is 1. The summed E-state index contributed by atoms with van der Waals surface area (Å²) in [4.78, 5) is 31.9. The lowest BCUT2D eigenvalue weighted by atomic mass is 10.0. The normalized spacial score (nSPS) is 14.8. The van der Waals surface area contributed by atoms with Crippen molar-refractivity contribution in [1.29, 1.82) is 0 Å². The molecule has 0 spiro atoms. The van der Waals surface area contributed by atoms with Crippen molar-refractivity contribution in [2.75, 3.05) is 26.7 Å². The minimum Gasteiger partial charge on any atom is -0.380 e. The fourth-order valence-electron chi connectivity index (χ4n) is 5.41. The molecule has 1 amide bonds. The molecule has 0 atom stereocenters. The van der Waals surface area contributed by atoms with Crippen LogP contribution in [-0.4, -0.2) is 53.1 Å². The first kappa shape index (κ1) is 27.3. The summed E-state index contributed by atoms with van der Waals surface area (Å²) < 4.78 is 7.00. The second kappa shape index (κ2) is 11.8. The monoisotopic (exact) mass is 547 g/mol. The van der Waals surface area contributed by atoms with Crippen molar-refractivity contribution in [3.63, 3.8) is 0 Å². The highest BCUT2D eigenvalue weighted by atomic mass is 35.5. The van der Waals surface area contributed by atoms with Crippen LogP contribution in [0.3, 0.4) is 0 Å². The number of nitrogens with one attached hydrogen (secondary N) is 1. The molecule has 0 radical (unpaired) electrons. The van der Waals surface area contributed by atoms with E-state index in [-0.39, 0.29) is 11.1 Å². The van der Waals surface area contributed by atoms with Crippen LogP contribution >= 0.6 is 11.6 Å². The number of benzene rings is 2. The Hall–Kier alpha value is -3.30. The van der Waals surface area contributed by atoms with E-state index in [0.717, 1.165) is 54.5 Å². The van der Waals surface area contributed by atoms with Crippen LogP contribution in [0.4, 0.5) is 0 Å². The third kappa shape index (κ3) is 6.15. The molecular formula is C30H34ClN5O3. The number of pyridine rings is 2. The summed E-state index contributed by atoms with van der Waals surface area (Å²) in [6, 6.07) is 15.7. The maximum atomic E-state index is 13.0. The molecule has 0 unspecified atom stereocenters. The van der Waals surface area contributed by atoms with Crippen molar-refractivity contribution in [1.82, 2.24) is 19.8 Å². The number of fused-ring (bicyclic) bond motifs is 2. The van der Waals surface area contributed by atoms with Gasteiger partial charge in [-0.1, -0.05) is 35.4 Å². The summed E-state index contributed by atoms with van der Waals surface area (Å²) in [5.74, 6) is -0.603. The molecule has 2 aromatic carbocycles. The van der Waals surface area contributed by atoms with Crippen molar-refractivity contribution in [3.05, 3.63) is 86.3 Å². The van der Waals surface area contributed by atoms with Crippen LogP contribution in [0.1, 0.15) is 39.9 Å². The average molecular weight is 548 g/mol. The highest BCUT2D eigenvalue weighted by Crippen LogP contribution is 2.23. The Morgan fingerprint density at radius 3 is 2.67 bits per heavy atom. The number of piperidine rings is 1. The zero-order valence-electron chi connectivity index (χ0n) is 22.4. The van der Waals surface area contributed by atoms with Gasteiger partial charge in [-0.15, -0.1) is 0 Å². The highest BCUT2D eigenvalue weighted by Gasteiger charge is 2.20. The third-order valence-corrected chi connectivity index (χ3v) is 7.89. The van der Waals surface area contributed by atoms with Gasteiger partial charge in [0.2, 0.25) is 5.91 Å². The molecule has 0 aliphatic carbocycles. The van der Waals surface area contributed by atoms with Gasteiger partial charge in [0.15, 0.2) is 0 Å². The summed E-state index contributed by atoms with van der Waals surface area (Å²) in [6.45, 7) is 6.31. The molecule has 1 aliphatic rings. The number of rotatable bonds is 9. The third-order valence-electron chi connectivity index (χ3n) is 7.56. The van der Waals surface area contributed by atoms with Gasteiger partial charge in [-0.2, -0.15) is 0 Å². The molecule has 1 fully saturated rings. The standard InChI is InChI=1S/C30H34ClN5O3/c1-19-3-6-26-21(13-19)15-22(29(31)34-26)17-33-23-7-9-35(10-8-23)11-12-36-27-14-20(18-39-2)4-5-24(27)25(30(32)38)16-28(36)37/h3-6,13-16,23,33H,7-12,17-18H2,1-2H3,(H2,32,38). The quantitative estimate of drug-likeness (QED) is 0.307. The number of aryl methyl sites for hydroxylation is 1. The van der Waals surface area contributed by atoms with E-state index in [1.807, 2.05) is 30.3 Å². The number of methoxy groups -OCH3 is 1. The van der Waals surface area contributed by atoms with Crippen LogP contribution in [0.2, 0.25) is 5.15 Å². The molecule has 3 N–H and O–H groups in total. The number of carbonyl (C=O) groups excluding carboxylic acids is 1. The molecule has 39 heavy (non-hydrogen) atoms. The highest BCUT2D eigenvalue weighted by molar-refractivity contribution is 6.30. The van der Waals surface area contributed by atoms with Crippen molar-refractivity contribution >= 4 is 39.3 Å². The Morgan fingerprint density at radius 1 is 1.13 bits per heavy atom. The van der Waals surface area contributed by atoms with Crippen LogP contribution in [0, 0.1) is 6.92 Å². The minimum atomic E-state index is -0.603. The fourth-order valence-corrected chi connectivity index (χ4v) is 5.63. The predicted octanol–water partition coefficient (Wildman–Crippen LogP) is 4.01. The number of amides is 1. The predicted molar refractivity (Wildman–Crippen MR) is 155 cm³/mol. The van der Waals surface area contributed by atoms with E-state index in [1.165, 1.54) is 11.6 Å². The molecule has 2 aromatic heterocycles. The summed E-state index contributed by atoms with van der Waals surface area (Å²) in [5.41, 5.74) is 10.4. The maximum Gasteiger partial charge on any atom is 0.251 e. The first-order valence-corrected chi connectivity index (χ1v) is 13.7. The summed E-state index contributed by atoms with van der Waals surface area (Å²) >= 11 is 6.47. The number of likely N-dealkylation sites (tertiary alicyclic amines) is 1. The van der Waals surface area contributed by atoms with Crippen LogP contribution < -0.4 is 16.6 Å². The molecule has 9 heteroatoms. The number of carbonyl (C=O) groups is 1. The van der Waals surface area contributed by atoms with Gasteiger partial charge in [0, 0.05) is 55.2 Å². The van der Waals surface area contributed by atoms with Gasteiger partial charge in [-0.3, -0.25) is 9.59 Å². The Morgan fingerprint density at radius 2 is 1.92 bits per heavy atom. The number of hydrogen-bond donors (Lipinski definition) is 2. The van der Waals surface area contributed by atoms with Gasteiger partial charge >= 0.3 is 0 Å². The van der Waals surface area contributed by atoms with E-state index in [9.17, 15) is 9.59 Å². The number of aromatic nitrogens is 2. The minimum absolute atomic E-state index is 0.224. The maximum absolute atomic E-state index is 13.0. The largest absolute Gasteiger partial charge is 0.380 e. The smallest absolute Gasteiger partial charge is 0.251 e. The van der Waals surface area contributed by atoms with Gasteiger partial charge < -0.3 is 25.3 Å². The van der Waals surface area contributed by atoms with Crippen molar-refractivity contribution in [2.45, 2.75) is 45.5 Å². The molecule has 3 heterocycles. The lowest BCUT2D eigenvalue weighted by Gasteiger charge is -2.32. The second-order valence-corrected chi connectivity index (χ2v) is 10.7. The first-order valence-electron chi connectivity index (χ1n) is 13.3. The molecule has 0 bridgehead atoms. The number of nitrogens with two attached hydrogens (primary N) is 1. The molecule has 204 valence electrons. The zero-order valence-corrected chi connectivity index (χ0v) is 23.1. The van der Waals surface area contributed by atoms with E-state index >= 15 is 0 Å². The van der Waals surface area contributed by atoms with Crippen LogP contribution in [0.25, 0.3) is 21.8 Å². The Balaban J connectivity index is 1.21. The first-order chi connectivity index (χ1) is 18.8. The van der Waals surface area contributed by atoms with E-state index in [0.29, 0.717) is 41.8 Å². The molecular weight excluding hydrogens is 514 g/mol. The van der Waals surface area contributed by atoms with Crippen LogP contribution in [0.5, 0.6) is 0 Å². The van der Waals surface area contributed by atoms with Gasteiger partial charge in [0.25, 0.3) is 5.56 Å². The number of hydrogen-bond acceptors (Lipinski definition) is 6. The van der Waals surface area contributed by atoms with Crippen molar-refractivity contribution < 1.29 is 9.53 Å². The van der Waals surface area contributed by atoms with Gasteiger partial charge in [-0.25, -0.2) is 4.98 Å². The second-order valence-electron chi connectivity index (χ2n) is 10.3. The van der Waals surface area contributed by atoms with Crippen molar-refractivity contribution in [2.24, 2.45) is 5.73 Å². The lowest BCUT2D eigenvalue weighted by molar-refractivity contribution is 0.100. The Labute approximate surface area is 232 Å². The van der Waals surface area contributed by atoms with Gasteiger partial charge in [0.05, 0.1) is 23.2 Å². The molecule has 0 saturated carbocycles. The van der Waals surface area contributed by atoms with Crippen molar-refractivity contribution in [3.8, 4) is 0 Å². The molecule has 5 rings (SSSR count). The van der Waals surface area contributed by atoms with E-state index in [2.05, 4.69) is 34.3 Å². The summed E-state index contributed by atoms with van der Waals surface area (Å²) in [7, 11) is 1.63. The van der Waals surface area contributed by atoms with Gasteiger partial charge in [0.1, 0.15) is 5.15 Å². The van der Waals surface area contributed by atoms with Crippen LogP contribution in [0.15, 0.2) is 53.3 Å². The topological polar surface area (TPSA) is 102 Å². The SMILES string of the molecule is COCc1ccc2c(C(N)=O)cc(=O)n(CCN3CCC(NCc4cc5cc(C)ccc5nc4Cl)CC3)c2c1. The Bertz CT molecular complexity index is 1580. The summed E-state index contributed by atoms with van der Waals surface area (Å²) in [6.07, 6.45) is 2.01. The number of ether oxygens (including phenoxy) is 1. The van der Waals surface area contributed by atoms with E-state index < -0.39 is 5.91 Å². The molecule has 8 nitrogen and oxygen atoms in total. The number of primary amides is 1. The van der Waals surface area contributed by atoms with Gasteiger partial charge in [-0.05, 0) is 62.7 Å². The van der Waals surface area contributed by atoms with Crippen LogP contribution in [-0.2, 0) is 24.4 Å². The zero-order chi connectivity index (χ0) is 27.5. The Kier molecular flexibility index (Phi) is 8.28. The summed E-state index contributed by atoms with van der Waals surface area (Å²) in [5, 5.41) is 5.99. The fraction of sp³-hybridized carbons (Fsp3) is 0.367. The lowest BCUT2D eigenvalue weighted by Crippen LogP contribution is -2.43. The number of nitrogens with zero attached hydrogens (tertiary/aromatic N) is 3. The van der Waals surface area contributed by atoms with E-state index in [1.54, 1.807) is 11.7 Å². The average Bonchev–Trinajstić information content (AvgIpc) is 2.92. The molecule has 1 aliphatic heterocycles. The molecule has 4 aromatic rings. The van der Waals surface area contributed by atoms with E-state index in [4.69, 9.17) is 22.1 Å². The molecule has 1 saturated heterocycles.